The SMILES string of the molecule is NS(=O)(=O)c1cnc(OCC2(F)CCN(C(CF)CF)CC2)c(Cl)c1. The molecule has 0 spiro atoms. The molecule has 0 amide bonds. The van der Waals surface area contributed by atoms with E-state index in [1.54, 1.807) is 4.90 Å². The van der Waals surface area contributed by atoms with Crippen molar-refractivity contribution in [2.45, 2.75) is 29.4 Å². The molecule has 0 aliphatic carbocycles. The Balaban J connectivity index is 1.95. The maximum atomic E-state index is 14.8. The van der Waals surface area contributed by atoms with Crippen molar-refractivity contribution in [2.75, 3.05) is 33.0 Å². The van der Waals surface area contributed by atoms with Gasteiger partial charge in [-0.2, -0.15) is 0 Å². The molecule has 11 heteroatoms. The molecule has 0 radical (unpaired) electrons. The van der Waals surface area contributed by atoms with Gasteiger partial charge in [-0.05, 0) is 18.9 Å². The first-order chi connectivity index (χ1) is 11.7. The number of hydrogen-bond acceptors (Lipinski definition) is 5. The summed E-state index contributed by atoms with van der Waals surface area (Å²) in [5.41, 5.74) is -1.68. The third-order valence-corrected chi connectivity index (χ3v) is 5.30. The van der Waals surface area contributed by atoms with E-state index in [0.29, 0.717) is 0 Å². The number of hydrogen-bond donors (Lipinski definition) is 1. The van der Waals surface area contributed by atoms with Crippen LogP contribution in [0.15, 0.2) is 17.2 Å². The Hall–Kier alpha value is -1.10. The number of nitrogens with zero attached hydrogens (tertiary/aromatic N) is 2. The van der Waals surface area contributed by atoms with Gasteiger partial charge in [-0.25, -0.2) is 31.7 Å². The zero-order chi connectivity index (χ0) is 18.7. The van der Waals surface area contributed by atoms with E-state index in [1.165, 1.54) is 0 Å². The molecule has 1 fully saturated rings. The number of likely N-dealkylation sites (tertiary alicyclic amines) is 1. The number of rotatable bonds is 7. The van der Waals surface area contributed by atoms with Gasteiger partial charge < -0.3 is 4.74 Å². The first kappa shape index (κ1) is 20.2. The van der Waals surface area contributed by atoms with Crippen LogP contribution in [0.25, 0.3) is 0 Å². The van der Waals surface area contributed by atoms with E-state index in [0.717, 1.165) is 12.3 Å². The predicted octanol–water partition coefficient (Wildman–Crippen LogP) is 1.87. The molecule has 0 saturated carbocycles. The van der Waals surface area contributed by atoms with Gasteiger partial charge in [-0.1, -0.05) is 11.6 Å². The van der Waals surface area contributed by atoms with Crippen molar-refractivity contribution in [3.8, 4) is 5.88 Å². The second-order valence-corrected chi connectivity index (χ2v) is 7.91. The fraction of sp³-hybridized carbons (Fsp3) is 0.643. The Labute approximate surface area is 149 Å². The molecule has 1 aliphatic rings. The number of ether oxygens (including phenoxy) is 1. The summed E-state index contributed by atoms with van der Waals surface area (Å²) < 4.78 is 67.8. The van der Waals surface area contributed by atoms with Gasteiger partial charge >= 0.3 is 0 Å². The lowest BCUT2D eigenvalue weighted by Crippen LogP contribution is -2.50. The summed E-state index contributed by atoms with van der Waals surface area (Å²) in [5, 5.41) is 4.85. The van der Waals surface area contributed by atoms with Crippen molar-refractivity contribution < 1.29 is 26.3 Å². The maximum absolute atomic E-state index is 14.8. The molecule has 1 saturated heterocycles. The minimum absolute atomic E-state index is 0.0520. The number of pyridine rings is 1. The summed E-state index contributed by atoms with van der Waals surface area (Å²) in [6, 6.07) is 0.229. The van der Waals surface area contributed by atoms with E-state index in [1.807, 2.05) is 0 Å². The number of halogens is 4. The van der Waals surface area contributed by atoms with Crippen LogP contribution in [-0.2, 0) is 10.0 Å². The second kappa shape index (κ2) is 8.07. The number of primary sulfonamides is 1. The Morgan fingerprint density at radius 3 is 2.44 bits per heavy atom. The summed E-state index contributed by atoms with van der Waals surface area (Å²) in [5.74, 6) is -0.112. The van der Waals surface area contributed by atoms with Crippen LogP contribution in [-0.4, -0.2) is 63.1 Å². The highest BCUT2D eigenvalue weighted by atomic mass is 35.5. The van der Waals surface area contributed by atoms with Crippen LogP contribution >= 0.6 is 11.6 Å². The lowest BCUT2D eigenvalue weighted by Gasteiger charge is -2.38. The summed E-state index contributed by atoms with van der Waals surface area (Å²) in [6.45, 7) is -1.56. The lowest BCUT2D eigenvalue weighted by molar-refractivity contribution is -0.00359. The van der Waals surface area contributed by atoms with Crippen LogP contribution in [0, 0.1) is 0 Å². The molecule has 0 atom stereocenters. The third kappa shape index (κ3) is 5.19. The molecular weight excluding hydrogens is 383 g/mol. The standard InChI is InChI=1S/C14H19ClF3N3O3S/c15-12-5-11(25(19,22)23)8-20-13(12)24-9-14(18)1-3-21(4-2-14)10(6-16)7-17/h5,8,10H,1-4,6-7,9H2,(H2,19,22,23). The molecule has 2 heterocycles. The highest BCUT2D eigenvalue weighted by molar-refractivity contribution is 7.89. The fourth-order valence-corrected chi connectivity index (χ4v) is 3.31. The monoisotopic (exact) mass is 401 g/mol. The molecule has 2 N–H and O–H groups in total. The van der Waals surface area contributed by atoms with Crippen LogP contribution < -0.4 is 9.88 Å². The van der Waals surface area contributed by atoms with Gasteiger partial charge in [0.1, 0.15) is 35.5 Å². The van der Waals surface area contributed by atoms with Gasteiger partial charge in [0.2, 0.25) is 15.9 Å². The number of nitrogens with two attached hydrogens (primary N) is 1. The molecule has 1 aliphatic heterocycles. The summed E-state index contributed by atoms with van der Waals surface area (Å²) >= 11 is 5.88. The van der Waals surface area contributed by atoms with Gasteiger partial charge in [0.25, 0.3) is 0 Å². The van der Waals surface area contributed by atoms with Crippen molar-refractivity contribution in [1.29, 1.82) is 0 Å². The van der Waals surface area contributed by atoms with Crippen molar-refractivity contribution >= 4 is 21.6 Å². The average Bonchev–Trinajstić information content (AvgIpc) is 2.56. The molecule has 2 rings (SSSR count). The third-order valence-electron chi connectivity index (χ3n) is 4.15. The predicted molar refractivity (Wildman–Crippen MR) is 86.5 cm³/mol. The van der Waals surface area contributed by atoms with Gasteiger partial charge in [0.15, 0.2) is 0 Å². The van der Waals surface area contributed by atoms with E-state index in [4.69, 9.17) is 21.5 Å². The fourth-order valence-electron chi connectivity index (χ4n) is 2.54. The van der Waals surface area contributed by atoms with Gasteiger partial charge in [0.05, 0.1) is 12.2 Å². The summed E-state index contributed by atoms with van der Waals surface area (Å²) in [4.78, 5) is 5.03. The molecule has 1 aromatic heterocycles. The lowest BCUT2D eigenvalue weighted by atomic mass is 9.93. The minimum Gasteiger partial charge on any atom is -0.473 e. The molecule has 0 unspecified atom stereocenters. The minimum atomic E-state index is -3.95. The van der Waals surface area contributed by atoms with E-state index < -0.39 is 35.1 Å². The number of alkyl halides is 3. The first-order valence-corrected chi connectivity index (χ1v) is 9.47. The van der Waals surface area contributed by atoms with Crippen LogP contribution in [0.1, 0.15) is 12.8 Å². The molecule has 25 heavy (non-hydrogen) atoms. The summed E-state index contributed by atoms with van der Waals surface area (Å²) in [7, 11) is -3.95. The Morgan fingerprint density at radius 1 is 1.36 bits per heavy atom. The molecule has 0 bridgehead atoms. The van der Waals surface area contributed by atoms with Crippen LogP contribution in [0.5, 0.6) is 5.88 Å². The van der Waals surface area contributed by atoms with Crippen LogP contribution in [0.2, 0.25) is 5.02 Å². The number of aromatic nitrogens is 1. The molecule has 0 aromatic carbocycles. The zero-order valence-corrected chi connectivity index (χ0v) is 14.9. The quantitative estimate of drug-likeness (QED) is 0.753. The van der Waals surface area contributed by atoms with Gasteiger partial charge in [0, 0.05) is 13.1 Å². The molecular formula is C14H19ClF3N3O3S. The Morgan fingerprint density at radius 2 is 1.96 bits per heavy atom. The highest BCUT2D eigenvalue weighted by Crippen LogP contribution is 2.30. The molecule has 142 valence electrons. The van der Waals surface area contributed by atoms with Crippen molar-refractivity contribution in [3.05, 3.63) is 17.3 Å². The molecule has 1 aromatic rings. The van der Waals surface area contributed by atoms with Gasteiger partial charge in [-0.3, -0.25) is 4.90 Å². The van der Waals surface area contributed by atoms with E-state index in [-0.39, 0.29) is 48.3 Å². The van der Waals surface area contributed by atoms with Crippen LogP contribution in [0.3, 0.4) is 0 Å². The smallest absolute Gasteiger partial charge is 0.239 e. The Kier molecular flexibility index (Phi) is 6.52. The van der Waals surface area contributed by atoms with E-state index >= 15 is 0 Å². The zero-order valence-electron chi connectivity index (χ0n) is 13.3. The molecule has 6 nitrogen and oxygen atoms in total. The van der Waals surface area contributed by atoms with Gasteiger partial charge in [-0.15, -0.1) is 0 Å². The Bertz CT molecular complexity index is 696. The van der Waals surface area contributed by atoms with Crippen molar-refractivity contribution in [3.63, 3.8) is 0 Å². The normalized spacial score (nSPS) is 18.5. The first-order valence-electron chi connectivity index (χ1n) is 7.54. The van der Waals surface area contributed by atoms with Crippen molar-refractivity contribution in [1.82, 2.24) is 9.88 Å². The average molecular weight is 402 g/mol. The largest absolute Gasteiger partial charge is 0.473 e. The highest BCUT2D eigenvalue weighted by Gasteiger charge is 2.37. The number of sulfonamides is 1. The topological polar surface area (TPSA) is 85.5 Å². The van der Waals surface area contributed by atoms with Crippen molar-refractivity contribution in [2.24, 2.45) is 5.14 Å². The maximum Gasteiger partial charge on any atom is 0.239 e. The number of piperidine rings is 1. The van der Waals surface area contributed by atoms with Crippen LogP contribution in [0.4, 0.5) is 13.2 Å². The van der Waals surface area contributed by atoms with E-state index in [9.17, 15) is 21.6 Å². The van der Waals surface area contributed by atoms with E-state index in [2.05, 4.69) is 4.98 Å². The summed E-state index contributed by atoms with van der Waals surface area (Å²) in [6.07, 6.45) is 1.07. The second-order valence-electron chi connectivity index (χ2n) is 5.94.